The van der Waals surface area contributed by atoms with Gasteiger partial charge in [0.05, 0.1) is 25.0 Å². The number of benzene rings is 1. The quantitative estimate of drug-likeness (QED) is 0.787. The van der Waals surface area contributed by atoms with Crippen LogP contribution >= 0.6 is 0 Å². The summed E-state index contributed by atoms with van der Waals surface area (Å²) >= 11 is 0. The van der Waals surface area contributed by atoms with Crippen LogP contribution in [-0.4, -0.2) is 17.4 Å². The van der Waals surface area contributed by atoms with Crippen LogP contribution in [0.25, 0.3) is 11.0 Å². The number of methoxy groups -OCH3 is 1. The molecule has 2 aromatic rings. The number of aliphatic hydroxyl groups is 1. The fraction of sp³-hybridized carbons (Fsp3) is 0.300. The van der Waals surface area contributed by atoms with Gasteiger partial charge in [-0.15, -0.1) is 0 Å². The lowest BCUT2D eigenvalue weighted by atomic mass is 10.1. The van der Waals surface area contributed by atoms with Gasteiger partial charge in [0.25, 0.3) is 0 Å². The SMILES string of the molecule is COc1ccc2c(C)noc2c1CO. The minimum atomic E-state index is -0.116. The molecule has 1 aromatic carbocycles. The molecule has 0 saturated carbocycles. The van der Waals surface area contributed by atoms with E-state index in [2.05, 4.69) is 5.16 Å². The van der Waals surface area contributed by atoms with E-state index in [1.54, 1.807) is 13.2 Å². The molecule has 1 aromatic heterocycles. The van der Waals surface area contributed by atoms with Gasteiger partial charge in [-0.3, -0.25) is 0 Å². The van der Waals surface area contributed by atoms with Crippen LogP contribution in [0.4, 0.5) is 0 Å². The second-order valence-electron chi connectivity index (χ2n) is 3.05. The summed E-state index contributed by atoms with van der Waals surface area (Å²) in [5, 5.41) is 13.9. The molecule has 1 heterocycles. The van der Waals surface area contributed by atoms with Gasteiger partial charge in [-0.25, -0.2) is 0 Å². The molecule has 0 aliphatic carbocycles. The highest BCUT2D eigenvalue weighted by Gasteiger charge is 2.13. The summed E-state index contributed by atoms with van der Waals surface area (Å²) in [5.41, 5.74) is 2.06. The average molecular weight is 193 g/mol. The van der Waals surface area contributed by atoms with Crippen molar-refractivity contribution in [3.05, 3.63) is 23.4 Å². The smallest absolute Gasteiger partial charge is 0.176 e. The lowest BCUT2D eigenvalue weighted by Crippen LogP contribution is -1.91. The molecular formula is C10H11NO3. The summed E-state index contributed by atoms with van der Waals surface area (Å²) in [6, 6.07) is 3.68. The van der Waals surface area contributed by atoms with Crippen molar-refractivity contribution < 1.29 is 14.4 Å². The average Bonchev–Trinajstić information content (AvgIpc) is 2.59. The fourth-order valence-electron chi connectivity index (χ4n) is 1.50. The van der Waals surface area contributed by atoms with E-state index >= 15 is 0 Å². The topological polar surface area (TPSA) is 55.5 Å². The van der Waals surface area contributed by atoms with E-state index in [0.29, 0.717) is 16.9 Å². The first kappa shape index (κ1) is 9.02. The Morgan fingerprint density at radius 1 is 1.50 bits per heavy atom. The van der Waals surface area contributed by atoms with Crippen molar-refractivity contribution >= 4 is 11.0 Å². The van der Waals surface area contributed by atoms with E-state index in [0.717, 1.165) is 11.1 Å². The van der Waals surface area contributed by atoms with Crippen LogP contribution in [0.1, 0.15) is 11.3 Å². The van der Waals surface area contributed by atoms with Crippen molar-refractivity contribution in [1.29, 1.82) is 0 Å². The van der Waals surface area contributed by atoms with Crippen LogP contribution in [0.5, 0.6) is 5.75 Å². The Labute approximate surface area is 81.1 Å². The van der Waals surface area contributed by atoms with Crippen LogP contribution in [-0.2, 0) is 6.61 Å². The minimum Gasteiger partial charge on any atom is -0.496 e. The van der Waals surface area contributed by atoms with Gasteiger partial charge in [0.2, 0.25) is 0 Å². The van der Waals surface area contributed by atoms with Crippen LogP contribution in [0.15, 0.2) is 16.7 Å². The van der Waals surface area contributed by atoms with Gasteiger partial charge in [-0.1, -0.05) is 5.16 Å². The maximum atomic E-state index is 9.19. The van der Waals surface area contributed by atoms with Crippen LogP contribution in [0.2, 0.25) is 0 Å². The van der Waals surface area contributed by atoms with Crippen LogP contribution < -0.4 is 4.74 Å². The third-order valence-corrected chi connectivity index (χ3v) is 2.26. The fourth-order valence-corrected chi connectivity index (χ4v) is 1.50. The summed E-state index contributed by atoms with van der Waals surface area (Å²) in [7, 11) is 1.56. The summed E-state index contributed by atoms with van der Waals surface area (Å²) in [4.78, 5) is 0. The zero-order chi connectivity index (χ0) is 10.1. The van der Waals surface area contributed by atoms with Crippen molar-refractivity contribution in [1.82, 2.24) is 5.16 Å². The molecule has 0 spiro atoms. The molecule has 0 aliphatic heterocycles. The van der Waals surface area contributed by atoms with E-state index in [4.69, 9.17) is 9.26 Å². The summed E-state index contributed by atoms with van der Waals surface area (Å²) < 4.78 is 10.2. The molecule has 0 aliphatic rings. The molecule has 0 bridgehead atoms. The maximum absolute atomic E-state index is 9.19. The highest BCUT2D eigenvalue weighted by atomic mass is 16.5. The summed E-state index contributed by atoms with van der Waals surface area (Å²) in [5.74, 6) is 0.621. The third kappa shape index (κ3) is 1.15. The van der Waals surface area contributed by atoms with Gasteiger partial charge in [0, 0.05) is 5.39 Å². The number of hydrogen-bond donors (Lipinski definition) is 1. The van der Waals surface area contributed by atoms with Gasteiger partial charge in [-0.2, -0.15) is 0 Å². The van der Waals surface area contributed by atoms with E-state index in [1.165, 1.54) is 0 Å². The van der Waals surface area contributed by atoms with E-state index in [1.807, 2.05) is 13.0 Å². The number of ether oxygens (including phenoxy) is 1. The summed E-state index contributed by atoms with van der Waals surface area (Å²) in [6.45, 7) is 1.74. The summed E-state index contributed by atoms with van der Waals surface area (Å²) in [6.07, 6.45) is 0. The first-order chi connectivity index (χ1) is 6.77. The molecule has 4 nitrogen and oxygen atoms in total. The Balaban J connectivity index is 2.77. The van der Waals surface area contributed by atoms with Crippen molar-refractivity contribution in [3.8, 4) is 5.75 Å². The Hall–Kier alpha value is -1.55. The second-order valence-corrected chi connectivity index (χ2v) is 3.05. The number of rotatable bonds is 2. The van der Waals surface area contributed by atoms with Gasteiger partial charge < -0.3 is 14.4 Å². The maximum Gasteiger partial charge on any atom is 0.176 e. The molecule has 4 heteroatoms. The largest absolute Gasteiger partial charge is 0.496 e. The molecule has 0 radical (unpaired) electrons. The van der Waals surface area contributed by atoms with Gasteiger partial charge >= 0.3 is 0 Å². The lowest BCUT2D eigenvalue weighted by molar-refractivity contribution is 0.272. The van der Waals surface area contributed by atoms with Crippen molar-refractivity contribution in [2.45, 2.75) is 13.5 Å². The molecule has 0 saturated heterocycles. The molecule has 14 heavy (non-hydrogen) atoms. The lowest BCUT2D eigenvalue weighted by Gasteiger charge is -2.04. The number of hydrogen-bond acceptors (Lipinski definition) is 4. The normalized spacial score (nSPS) is 10.8. The van der Waals surface area contributed by atoms with E-state index in [-0.39, 0.29) is 6.61 Å². The monoisotopic (exact) mass is 193 g/mol. The molecule has 0 amide bonds. The van der Waals surface area contributed by atoms with Crippen molar-refractivity contribution in [3.63, 3.8) is 0 Å². The van der Waals surface area contributed by atoms with Gasteiger partial charge in [0.1, 0.15) is 5.75 Å². The van der Waals surface area contributed by atoms with Gasteiger partial charge in [0.15, 0.2) is 5.58 Å². The predicted octanol–water partition coefficient (Wildman–Crippen LogP) is 1.64. The Morgan fingerprint density at radius 3 is 2.93 bits per heavy atom. The molecule has 1 N–H and O–H groups in total. The minimum absolute atomic E-state index is 0.116. The Bertz CT molecular complexity index is 462. The molecule has 2 rings (SSSR count). The standard InChI is InChI=1S/C10H11NO3/c1-6-7-3-4-9(13-2)8(5-12)10(7)14-11-6/h3-4,12H,5H2,1-2H3. The van der Waals surface area contributed by atoms with Crippen LogP contribution in [0, 0.1) is 6.92 Å². The number of fused-ring (bicyclic) bond motifs is 1. The Morgan fingerprint density at radius 2 is 2.29 bits per heavy atom. The van der Waals surface area contributed by atoms with Crippen molar-refractivity contribution in [2.24, 2.45) is 0 Å². The predicted molar refractivity (Wildman–Crippen MR) is 51.2 cm³/mol. The third-order valence-electron chi connectivity index (χ3n) is 2.26. The van der Waals surface area contributed by atoms with Crippen LogP contribution in [0.3, 0.4) is 0 Å². The molecule has 0 fully saturated rings. The van der Waals surface area contributed by atoms with Gasteiger partial charge in [-0.05, 0) is 19.1 Å². The molecular weight excluding hydrogens is 182 g/mol. The number of aliphatic hydroxyl groups excluding tert-OH is 1. The van der Waals surface area contributed by atoms with E-state index in [9.17, 15) is 5.11 Å². The molecule has 74 valence electrons. The number of nitrogens with zero attached hydrogens (tertiary/aromatic N) is 1. The zero-order valence-electron chi connectivity index (χ0n) is 8.07. The molecule has 0 unspecified atom stereocenters. The first-order valence-electron chi connectivity index (χ1n) is 4.30. The zero-order valence-corrected chi connectivity index (χ0v) is 8.07. The highest BCUT2D eigenvalue weighted by Crippen LogP contribution is 2.29. The van der Waals surface area contributed by atoms with Crippen molar-refractivity contribution in [2.75, 3.05) is 7.11 Å². The number of aromatic nitrogens is 1. The Kier molecular flexibility index (Phi) is 2.13. The molecule has 0 atom stereocenters. The second kappa shape index (κ2) is 3.31. The van der Waals surface area contributed by atoms with E-state index < -0.39 is 0 Å². The first-order valence-corrected chi connectivity index (χ1v) is 4.30. The number of aryl methyl sites for hydroxylation is 1. The highest BCUT2D eigenvalue weighted by molar-refractivity contribution is 5.84.